The first kappa shape index (κ1) is 19.6. The third kappa shape index (κ3) is 4.97. The molecular weight excluding hydrogens is 378 g/mol. The lowest BCUT2D eigenvalue weighted by Crippen LogP contribution is -2.23. The van der Waals surface area contributed by atoms with Crippen molar-refractivity contribution in [1.82, 2.24) is 4.72 Å². The van der Waals surface area contributed by atoms with Crippen molar-refractivity contribution in [1.29, 1.82) is 0 Å². The van der Waals surface area contributed by atoms with Crippen molar-refractivity contribution in [2.75, 3.05) is 13.2 Å². The van der Waals surface area contributed by atoms with Gasteiger partial charge in [-0.25, -0.2) is 17.9 Å². The predicted molar refractivity (Wildman–Crippen MR) is 108 cm³/mol. The highest BCUT2D eigenvalue weighted by atomic mass is 32.2. The van der Waals surface area contributed by atoms with E-state index < -0.39 is 22.6 Å². The SMILES string of the molecule is O=C(O)COc1cccc(C=CCNS(=O)(=O)c2cccc3ccccc23)c1. The summed E-state index contributed by atoms with van der Waals surface area (Å²) in [5.74, 6) is -0.621. The largest absolute Gasteiger partial charge is 0.482 e. The van der Waals surface area contributed by atoms with Crippen LogP contribution in [-0.4, -0.2) is 32.6 Å². The van der Waals surface area contributed by atoms with Crippen molar-refractivity contribution >= 4 is 32.8 Å². The van der Waals surface area contributed by atoms with E-state index in [-0.39, 0.29) is 11.4 Å². The van der Waals surface area contributed by atoms with Gasteiger partial charge in [-0.15, -0.1) is 0 Å². The van der Waals surface area contributed by atoms with E-state index in [2.05, 4.69) is 4.72 Å². The number of sulfonamides is 1. The van der Waals surface area contributed by atoms with E-state index in [1.54, 1.807) is 54.6 Å². The first-order valence-corrected chi connectivity index (χ1v) is 10.0. The van der Waals surface area contributed by atoms with Gasteiger partial charge in [0.2, 0.25) is 10.0 Å². The quantitative estimate of drug-likeness (QED) is 0.608. The lowest BCUT2D eigenvalue weighted by molar-refractivity contribution is -0.139. The van der Waals surface area contributed by atoms with Crippen LogP contribution in [0, 0.1) is 0 Å². The summed E-state index contributed by atoms with van der Waals surface area (Å²) < 4.78 is 33.0. The molecule has 0 radical (unpaired) electrons. The lowest BCUT2D eigenvalue weighted by atomic mass is 10.1. The molecule has 0 bridgehead atoms. The van der Waals surface area contributed by atoms with E-state index in [0.717, 1.165) is 10.9 Å². The molecule has 0 atom stereocenters. The van der Waals surface area contributed by atoms with Gasteiger partial charge in [0.15, 0.2) is 6.61 Å². The van der Waals surface area contributed by atoms with Gasteiger partial charge in [0.05, 0.1) is 4.90 Å². The minimum atomic E-state index is -3.66. The van der Waals surface area contributed by atoms with Crippen LogP contribution in [0.4, 0.5) is 0 Å². The summed E-state index contributed by atoms with van der Waals surface area (Å²) in [5, 5.41) is 10.2. The van der Waals surface area contributed by atoms with Crippen molar-refractivity contribution in [3.8, 4) is 5.75 Å². The van der Waals surface area contributed by atoms with E-state index in [4.69, 9.17) is 9.84 Å². The average molecular weight is 397 g/mol. The van der Waals surface area contributed by atoms with E-state index in [1.807, 2.05) is 24.3 Å². The van der Waals surface area contributed by atoms with Gasteiger partial charge < -0.3 is 9.84 Å². The normalized spacial score (nSPS) is 11.7. The highest BCUT2D eigenvalue weighted by Crippen LogP contribution is 2.22. The number of hydrogen-bond acceptors (Lipinski definition) is 4. The maximum Gasteiger partial charge on any atom is 0.341 e. The highest BCUT2D eigenvalue weighted by molar-refractivity contribution is 7.89. The van der Waals surface area contributed by atoms with E-state index in [1.165, 1.54) is 0 Å². The van der Waals surface area contributed by atoms with E-state index in [0.29, 0.717) is 11.1 Å². The molecule has 6 nitrogen and oxygen atoms in total. The van der Waals surface area contributed by atoms with Gasteiger partial charge in [-0.3, -0.25) is 0 Å². The molecule has 0 spiro atoms. The molecule has 0 aromatic heterocycles. The second-order valence-corrected chi connectivity index (χ2v) is 7.72. The molecule has 2 N–H and O–H groups in total. The molecule has 3 aromatic rings. The zero-order valence-electron chi connectivity index (χ0n) is 14.9. The van der Waals surface area contributed by atoms with Crippen LogP contribution < -0.4 is 9.46 Å². The zero-order valence-corrected chi connectivity index (χ0v) is 15.7. The van der Waals surface area contributed by atoms with E-state index >= 15 is 0 Å². The highest BCUT2D eigenvalue weighted by Gasteiger charge is 2.15. The van der Waals surface area contributed by atoms with Gasteiger partial charge in [-0.05, 0) is 29.1 Å². The number of rotatable bonds is 8. The molecule has 0 fully saturated rings. The molecule has 0 unspecified atom stereocenters. The van der Waals surface area contributed by atoms with Crippen molar-refractivity contribution < 1.29 is 23.1 Å². The van der Waals surface area contributed by atoms with Crippen molar-refractivity contribution in [3.05, 3.63) is 78.4 Å². The van der Waals surface area contributed by atoms with Gasteiger partial charge in [0, 0.05) is 11.9 Å². The fourth-order valence-electron chi connectivity index (χ4n) is 2.71. The maximum absolute atomic E-state index is 12.6. The fraction of sp³-hybridized carbons (Fsp3) is 0.0952. The average Bonchev–Trinajstić information content (AvgIpc) is 2.69. The monoisotopic (exact) mass is 397 g/mol. The van der Waals surface area contributed by atoms with Gasteiger partial charge in [-0.2, -0.15) is 0 Å². The standard InChI is InChI=1S/C21H19NO5S/c23-21(24)15-27-18-10-3-6-16(14-18)7-5-13-22-28(25,26)20-12-4-9-17-8-1-2-11-19(17)20/h1-12,14,22H,13,15H2,(H,23,24). The summed E-state index contributed by atoms with van der Waals surface area (Å²) in [6.45, 7) is -0.302. The van der Waals surface area contributed by atoms with Crippen LogP contribution in [-0.2, 0) is 14.8 Å². The minimum absolute atomic E-state index is 0.117. The summed E-state index contributed by atoms with van der Waals surface area (Å²) in [5.41, 5.74) is 0.771. The van der Waals surface area contributed by atoms with Crippen LogP contribution in [0.1, 0.15) is 5.56 Å². The zero-order chi connectivity index (χ0) is 20.0. The maximum atomic E-state index is 12.6. The number of carboxylic acid groups (broad SMARTS) is 1. The smallest absolute Gasteiger partial charge is 0.341 e. The Hall–Kier alpha value is -3.16. The molecular formula is C21H19NO5S. The summed E-state index contributed by atoms with van der Waals surface area (Å²) >= 11 is 0. The van der Waals surface area contributed by atoms with Crippen molar-refractivity contribution in [2.24, 2.45) is 0 Å². The van der Waals surface area contributed by atoms with E-state index in [9.17, 15) is 13.2 Å². The fourth-order valence-corrected chi connectivity index (χ4v) is 3.92. The summed E-state index contributed by atoms with van der Waals surface area (Å²) in [7, 11) is -3.66. The number of nitrogens with one attached hydrogen (secondary N) is 1. The molecule has 0 saturated carbocycles. The number of carboxylic acids is 1. The van der Waals surface area contributed by atoms with Crippen LogP contribution in [0.2, 0.25) is 0 Å². The molecule has 28 heavy (non-hydrogen) atoms. The number of fused-ring (bicyclic) bond motifs is 1. The summed E-state index contributed by atoms with van der Waals surface area (Å²) in [6, 6.07) is 19.4. The molecule has 144 valence electrons. The minimum Gasteiger partial charge on any atom is -0.482 e. The Morgan fingerprint density at radius 3 is 2.61 bits per heavy atom. The summed E-state index contributed by atoms with van der Waals surface area (Å²) in [6.07, 6.45) is 3.41. The van der Waals surface area contributed by atoms with Gasteiger partial charge in [0.25, 0.3) is 0 Å². The molecule has 0 aliphatic heterocycles. The predicted octanol–water partition coefficient (Wildman–Crippen LogP) is 3.29. The van der Waals surface area contributed by atoms with Crippen LogP contribution in [0.5, 0.6) is 5.75 Å². The molecule has 3 aromatic carbocycles. The molecule has 3 rings (SSSR count). The number of carbonyl (C=O) groups is 1. The lowest BCUT2D eigenvalue weighted by Gasteiger charge is -2.08. The Bertz CT molecular complexity index is 1120. The molecule has 0 aliphatic rings. The number of aliphatic carboxylic acids is 1. The Labute approximate surface area is 163 Å². The number of benzene rings is 3. The summed E-state index contributed by atoms with van der Waals surface area (Å²) in [4.78, 5) is 10.8. The van der Waals surface area contributed by atoms with Crippen LogP contribution in [0.15, 0.2) is 77.7 Å². The second-order valence-electron chi connectivity index (χ2n) is 5.99. The van der Waals surface area contributed by atoms with Gasteiger partial charge in [-0.1, -0.05) is 60.7 Å². The Morgan fingerprint density at radius 1 is 1.04 bits per heavy atom. The number of hydrogen-bond donors (Lipinski definition) is 2. The van der Waals surface area contributed by atoms with Crippen LogP contribution >= 0.6 is 0 Å². The third-order valence-electron chi connectivity index (χ3n) is 3.96. The molecule has 7 heteroatoms. The topological polar surface area (TPSA) is 92.7 Å². The number of ether oxygens (including phenoxy) is 1. The molecule has 0 amide bonds. The second kappa shape index (κ2) is 8.69. The van der Waals surface area contributed by atoms with Crippen LogP contribution in [0.25, 0.3) is 16.8 Å². The van der Waals surface area contributed by atoms with Crippen molar-refractivity contribution in [2.45, 2.75) is 4.90 Å². The Kier molecular flexibility index (Phi) is 6.08. The first-order chi connectivity index (χ1) is 13.5. The first-order valence-electron chi connectivity index (χ1n) is 8.54. The Balaban J connectivity index is 1.67. The van der Waals surface area contributed by atoms with Crippen LogP contribution in [0.3, 0.4) is 0 Å². The third-order valence-corrected chi connectivity index (χ3v) is 5.44. The van der Waals surface area contributed by atoms with Crippen molar-refractivity contribution in [3.63, 3.8) is 0 Å². The van der Waals surface area contributed by atoms with Gasteiger partial charge >= 0.3 is 5.97 Å². The Morgan fingerprint density at radius 2 is 1.79 bits per heavy atom. The molecule has 0 heterocycles. The molecule has 0 saturated heterocycles. The van der Waals surface area contributed by atoms with Gasteiger partial charge in [0.1, 0.15) is 5.75 Å². The molecule has 0 aliphatic carbocycles.